The molecule has 2 rings (SSSR count). The van der Waals surface area contributed by atoms with E-state index in [0.717, 1.165) is 42.0 Å². The fraction of sp³-hybridized carbons (Fsp3) is 0.500. The Hall–Kier alpha value is -1.50. The summed E-state index contributed by atoms with van der Waals surface area (Å²) in [6.07, 6.45) is 3.40. The van der Waals surface area contributed by atoms with Gasteiger partial charge in [-0.15, -0.1) is 0 Å². The van der Waals surface area contributed by atoms with Gasteiger partial charge in [-0.05, 0) is 25.8 Å². The number of hydrogen-bond acceptors (Lipinski definition) is 5. The van der Waals surface area contributed by atoms with E-state index in [-0.39, 0.29) is 6.04 Å². The minimum absolute atomic E-state index is 0.254. The Morgan fingerprint density at radius 1 is 1.38 bits per heavy atom. The lowest BCUT2D eigenvalue weighted by atomic mass is 10.0. The molecule has 2 aromatic heterocycles. The fourth-order valence-electron chi connectivity index (χ4n) is 2.42. The summed E-state index contributed by atoms with van der Waals surface area (Å²) >= 11 is 6.32. The SMILES string of the molecule is CCCn1ncc(Cl)c1C(NN)c1cc(C)nnc1CC. The second-order valence-corrected chi connectivity index (χ2v) is 5.35. The molecule has 0 spiro atoms. The van der Waals surface area contributed by atoms with Crippen molar-refractivity contribution in [3.8, 4) is 0 Å². The normalized spacial score (nSPS) is 12.6. The summed E-state index contributed by atoms with van der Waals surface area (Å²) in [5.74, 6) is 5.81. The molecule has 2 heterocycles. The summed E-state index contributed by atoms with van der Waals surface area (Å²) < 4.78 is 1.89. The molecule has 0 radical (unpaired) electrons. The van der Waals surface area contributed by atoms with E-state index in [2.05, 4.69) is 27.6 Å². The number of aromatic nitrogens is 4. The van der Waals surface area contributed by atoms with Crippen molar-refractivity contribution in [1.82, 2.24) is 25.4 Å². The molecule has 21 heavy (non-hydrogen) atoms. The van der Waals surface area contributed by atoms with Gasteiger partial charge in [0, 0.05) is 12.1 Å². The van der Waals surface area contributed by atoms with Crippen molar-refractivity contribution in [3.05, 3.63) is 39.9 Å². The lowest BCUT2D eigenvalue weighted by Crippen LogP contribution is -2.32. The zero-order valence-electron chi connectivity index (χ0n) is 12.6. The summed E-state index contributed by atoms with van der Waals surface area (Å²) in [5.41, 5.74) is 6.46. The average molecular weight is 309 g/mol. The van der Waals surface area contributed by atoms with Gasteiger partial charge in [-0.1, -0.05) is 25.4 Å². The van der Waals surface area contributed by atoms with Crippen LogP contribution in [0.25, 0.3) is 0 Å². The Balaban J connectivity index is 2.54. The van der Waals surface area contributed by atoms with Crippen molar-refractivity contribution in [3.63, 3.8) is 0 Å². The van der Waals surface area contributed by atoms with Crippen LogP contribution in [0.15, 0.2) is 12.3 Å². The third-order valence-electron chi connectivity index (χ3n) is 3.38. The molecule has 0 fully saturated rings. The van der Waals surface area contributed by atoms with Gasteiger partial charge in [0.15, 0.2) is 0 Å². The van der Waals surface area contributed by atoms with Gasteiger partial charge in [0.1, 0.15) is 0 Å². The molecule has 6 nitrogen and oxygen atoms in total. The maximum Gasteiger partial charge on any atom is 0.0912 e. The minimum Gasteiger partial charge on any atom is -0.271 e. The van der Waals surface area contributed by atoms with Crippen molar-refractivity contribution in [2.45, 2.75) is 46.2 Å². The van der Waals surface area contributed by atoms with E-state index in [1.807, 2.05) is 24.6 Å². The summed E-state index contributed by atoms with van der Waals surface area (Å²) in [5, 5.41) is 13.3. The number of nitrogens with zero attached hydrogens (tertiary/aromatic N) is 4. The van der Waals surface area contributed by atoms with Crippen LogP contribution in [0.4, 0.5) is 0 Å². The maximum absolute atomic E-state index is 6.32. The number of aryl methyl sites for hydroxylation is 3. The third-order valence-corrected chi connectivity index (χ3v) is 3.67. The number of nitrogens with two attached hydrogens (primary N) is 1. The highest BCUT2D eigenvalue weighted by atomic mass is 35.5. The van der Waals surface area contributed by atoms with Crippen LogP contribution in [0, 0.1) is 6.92 Å². The van der Waals surface area contributed by atoms with Gasteiger partial charge in [-0.25, -0.2) is 5.43 Å². The van der Waals surface area contributed by atoms with Crippen molar-refractivity contribution < 1.29 is 0 Å². The van der Waals surface area contributed by atoms with Gasteiger partial charge in [-0.3, -0.25) is 10.5 Å². The lowest BCUT2D eigenvalue weighted by molar-refractivity contribution is 0.517. The second kappa shape index (κ2) is 6.98. The molecule has 1 atom stereocenters. The molecule has 0 aliphatic rings. The van der Waals surface area contributed by atoms with Crippen LogP contribution in [-0.4, -0.2) is 20.0 Å². The van der Waals surface area contributed by atoms with Crippen molar-refractivity contribution in [2.24, 2.45) is 5.84 Å². The van der Waals surface area contributed by atoms with Gasteiger partial charge < -0.3 is 0 Å². The Labute approximate surface area is 129 Å². The van der Waals surface area contributed by atoms with E-state index in [1.54, 1.807) is 6.20 Å². The van der Waals surface area contributed by atoms with Crippen LogP contribution >= 0.6 is 11.6 Å². The van der Waals surface area contributed by atoms with Crippen LogP contribution in [0.3, 0.4) is 0 Å². The van der Waals surface area contributed by atoms with Gasteiger partial charge in [0.25, 0.3) is 0 Å². The predicted molar refractivity (Wildman–Crippen MR) is 82.8 cm³/mol. The lowest BCUT2D eigenvalue weighted by Gasteiger charge is -2.20. The first-order valence-corrected chi connectivity index (χ1v) is 7.50. The van der Waals surface area contributed by atoms with Gasteiger partial charge in [-0.2, -0.15) is 15.3 Å². The standard InChI is InChI=1S/C14H21ClN6/c1-4-6-21-14(11(15)8-17-21)13(18-16)10-7-9(3)19-20-12(10)5-2/h7-8,13,18H,4-6,16H2,1-3H3. The molecular weight excluding hydrogens is 288 g/mol. The smallest absolute Gasteiger partial charge is 0.0912 e. The van der Waals surface area contributed by atoms with E-state index in [4.69, 9.17) is 17.4 Å². The monoisotopic (exact) mass is 308 g/mol. The Morgan fingerprint density at radius 2 is 2.14 bits per heavy atom. The first-order valence-electron chi connectivity index (χ1n) is 7.12. The quantitative estimate of drug-likeness (QED) is 0.631. The van der Waals surface area contributed by atoms with Crippen molar-refractivity contribution in [2.75, 3.05) is 0 Å². The van der Waals surface area contributed by atoms with Gasteiger partial charge in [0.2, 0.25) is 0 Å². The molecule has 114 valence electrons. The highest BCUT2D eigenvalue weighted by molar-refractivity contribution is 6.31. The number of hydrazine groups is 1. The molecule has 0 bridgehead atoms. The Kier molecular flexibility index (Phi) is 5.27. The minimum atomic E-state index is -0.254. The van der Waals surface area contributed by atoms with Gasteiger partial charge >= 0.3 is 0 Å². The van der Waals surface area contributed by atoms with Crippen LogP contribution < -0.4 is 11.3 Å². The Morgan fingerprint density at radius 3 is 2.76 bits per heavy atom. The van der Waals surface area contributed by atoms with Crippen LogP contribution in [0.5, 0.6) is 0 Å². The topological polar surface area (TPSA) is 81.7 Å². The summed E-state index contributed by atoms with van der Waals surface area (Å²) in [6.45, 7) is 6.84. The highest BCUT2D eigenvalue weighted by Crippen LogP contribution is 2.29. The molecule has 0 saturated heterocycles. The van der Waals surface area contributed by atoms with Crippen LogP contribution in [-0.2, 0) is 13.0 Å². The zero-order chi connectivity index (χ0) is 15.4. The number of nitrogens with one attached hydrogen (secondary N) is 1. The van der Waals surface area contributed by atoms with Gasteiger partial charge in [0.05, 0.1) is 34.3 Å². The summed E-state index contributed by atoms with van der Waals surface area (Å²) in [4.78, 5) is 0. The fourth-order valence-corrected chi connectivity index (χ4v) is 2.67. The number of rotatable bonds is 6. The summed E-state index contributed by atoms with van der Waals surface area (Å²) in [6, 6.07) is 1.74. The molecule has 1 unspecified atom stereocenters. The highest BCUT2D eigenvalue weighted by Gasteiger charge is 2.24. The molecular formula is C14H21ClN6. The van der Waals surface area contributed by atoms with E-state index in [1.165, 1.54) is 0 Å². The molecule has 0 amide bonds. The molecule has 7 heteroatoms. The Bertz CT molecular complexity index is 610. The molecule has 2 aromatic rings. The van der Waals surface area contributed by atoms with Crippen LogP contribution in [0.2, 0.25) is 5.02 Å². The number of halogens is 1. The predicted octanol–water partition coefficient (Wildman–Crippen LogP) is 2.16. The zero-order valence-corrected chi connectivity index (χ0v) is 13.4. The van der Waals surface area contributed by atoms with Crippen LogP contribution in [0.1, 0.15) is 49.0 Å². The van der Waals surface area contributed by atoms with E-state index < -0.39 is 0 Å². The first-order chi connectivity index (χ1) is 10.1. The van der Waals surface area contributed by atoms with Crippen molar-refractivity contribution in [1.29, 1.82) is 0 Å². The first kappa shape index (κ1) is 15.9. The molecule has 3 N–H and O–H groups in total. The largest absolute Gasteiger partial charge is 0.271 e. The summed E-state index contributed by atoms with van der Waals surface area (Å²) in [7, 11) is 0. The molecule has 0 aromatic carbocycles. The van der Waals surface area contributed by atoms with E-state index >= 15 is 0 Å². The molecule has 0 aliphatic carbocycles. The number of hydrogen-bond donors (Lipinski definition) is 2. The average Bonchev–Trinajstić information content (AvgIpc) is 2.82. The van der Waals surface area contributed by atoms with E-state index in [0.29, 0.717) is 5.02 Å². The maximum atomic E-state index is 6.32. The van der Waals surface area contributed by atoms with Crippen molar-refractivity contribution >= 4 is 11.6 Å². The molecule has 0 saturated carbocycles. The second-order valence-electron chi connectivity index (χ2n) is 4.94. The van der Waals surface area contributed by atoms with E-state index in [9.17, 15) is 0 Å². The molecule has 0 aliphatic heterocycles. The third kappa shape index (κ3) is 3.23.